The van der Waals surface area contributed by atoms with Crippen LogP contribution in [-0.4, -0.2) is 17.9 Å². The molecule has 0 saturated carbocycles. The average molecular weight is 350 g/mol. The quantitative estimate of drug-likeness (QED) is 0.499. The first-order valence-corrected chi connectivity index (χ1v) is 8.67. The maximum absolute atomic E-state index is 13.1. The van der Waals surface area contributed by atoms with E-state index in [1.807, 2.05) is 25.1 Å². The zero-order chi connectivity index (χ0) is 17.6. The summed E-state index contributed by atoms with van der Waals surface area (Å²) >= 11 is 1.37. The number of benzene rings is 2. The molecule has 0 aliphatic carbocycles. The van der Waals surface area contributed by atoms with Crippen LogP contribution in [0.15, 0.2) is 54.6 Å². The molecule has 0 spiro atoms. The summed E-state index contributed by atoms with van der Waals surface area (Å²) in [5.74, 6) is -0.451. The second-order valence-electron chi connectivity index (χ2n) is 6.03. The second-order valence-corrected chi connectivity index (χ2v) is 7.06. The minimum absolute atomic E-state index is 0.130. The first-order chi connectivity index (χ1) is 12.0. The van der Waals surface area contributed by atoms with E-state index in [0.717, 1.165) is 21.1 Å². The van der Waals surface area contributed by atoms with Gasteiger partial charge >= 0.3 is 0 Å². The lowest BCUT2D eigenvalue weighted by molar-refractivity contribution is 0.0997. The Labute approximate surface area is 148 Å². The van der Waals surface area contributed by atoms with Gasteiger partial charge in [-0.3, -0.25) is 4.79 Å². The van der Waals surface area contributed by atoms with Crippen LogP contribution < -0.4 is 4.90 Å². The van der Waals surface area contributed by atoms with Crippen molar-refractivity contribution in [3.05, 3.63) is 70.9 Å². The number of rotatable bonds is 2. The van der Waals surface area contributed by atoms with Crippen molar-refractivity contribution >= 4 is 44.1 Å². The topological polar surface area (TPSA) is 33.2 Å². The summed E-state index contributed by atoms with van der Waals surface area (Å²) in [4.78, 5) is 20.4. The van der Waals surface area contributed by atoms with Crippen molar-refractivity contribution < 1.29 is 9.18 Å². The Hall–Kier alpha value is -2.79. The first kappa shape index (κ1) is 15.7. The highest BCUT2D eigenvalue weighted by atomic mass is 32.1. The van der Waals surface area contributed by atoms with E-state index < -0.39 is 0 Å². The highest BCUT2D eigenvalue weighted by Gasteiger charge is 2.17. The fraction of sp³-hybridized carbons (Fsp3) is 0.100. The van der Waals surface area contributed by atoms with Gasteiger partial charge in [-0.2, -0.15) is 0 Å². The monoisotopic (exact) mass is 350 g/mol. The molecule has 0 aliphatic heterocycles. The van der Waals surface area contributed by atoms with Gasteiger partial charge in [0.05, 0.1) is 10.4 Å². The predicted molar refractivity (Wildman–Crippen MR) is 101 cm³/mol. The zero-order valence-corrected chi connectivity index (χ0v) is 14.6. The van der Waals surface area contributed by atoms with Crippen molar-refractivity contribution in [2.24, 2.45) is 0 Å². The molecular weight excluding hydrogens is 335 g/mol. The number of nitrogens with zero attached hydrogens (tertiary/aromatic N) is 2. The lowest BCUT2D eigenvalue weighted by Crippen LogP contribution is -2.25. The maximum atomic E-state index is 13.1. The van der Waals surface area contributed by atoms with Gasteiger partial charge in [0.2, 0.25) is 0 Å². The Balaban J connectivity index is 1.74. The van der Waals surface area contributed by atoms with E-state index in [0.29, 0.717) is 10.6 Å². The van der Waals surface area contributed by atoms with Gasteiger partial charge in [-0.1, -0.05) is 11.6 Å². The Morgan fingerprint density at radius 2 is 1.80 bits per heavy atom. The van der Waals surface area contributed by atoms with Crippen LogP contribution in [0.1, 0.15) is 15.2 Å². The fourth-order valence-electron chi connectivity index (χ4n) is 2.81. The molecule has 0 atom stereocenters. The van der Waals surface area contributed by atoms with E-state index in [1.165, 1.54) is 33.9 Å². The molecular formula is C20H15FN2OS. The molecule has 1 amide bonds. The van der Waals surface area contributed by atoms with Gasteiger partial charge in [-0.25, -0.2) is 9.37 Å². The predicted octanol–water partition coefficient (Wildman–Crippen LogP) is 5.17. The number of halogens is 1. The number of carbonyl (C=O) groups excluding carboxylic acids is 1. The molecule has 25 heavy (non-hydrogen) atoms. The number of anilines is 1. The molecule has 5 heteroatoms. The van der Waals surface area contributed by atoms with Gasteiger partial charge in [0, 0.05) is 23.5 Å². The molecule has 0 N–H and O–H groups in total. The summed E-state index contributed by atoms with van der Waals surface area (Å²) in [5.41, 5.74) is 2.75. The van der Waals surface area contributed by atoms with Crippen LogP contribution in [0, 0.1) is 12.7 Å². The number of aromatic nitrogens is 1. The van der Waals surface area contributed by atoms with Crippen LogP contribution in [0.2, 0.25) is 0 Å². The Morgan fingerprint density at radius 1 is 1.04 bits per heavy atom. The van der Waals surface area contributed by atoms with Gasteiger partial charge < -0.3 is 4.90 Å². The molecule has 0 radical (unpaired) electrons. The summed E-state index contributed by atoms with van der Waals surface area (Å²) in [6.45, 7) is 2.05. The number of pyridine rings is 1. The first-order valence-electron chi connectivity index (χ1n) is 7.86. The summed E-state index contributed by atoms with van der Waals surface area (Å²) in [7, 11) is 1.69. The lowest BCUT2D eigenvalue weighted by atomic mass is 10.1. The third-order valence-corrected chi connectivity index (χ3v) is 5.22. The van der Waals surface area contributed by atoms with Crippen LogP contribution in [0.5, 0.6) is 0 Å². The van der Waals surface area contributed by atoms with E-state index in [4.69, 9.17) is 0 Å². The molecule has 124 valence electrons. The van der Waals surface area contributed by atoms with Crippen molar-refractivity contribution in [1.82, 2.24) is 4.98 Å². The maximum Gasteiger partial charge on any atom is 0.268 e. The number of carbonyl (C=O) groups is 1. The molecule has 2 aromatic carbocycles. The molecule has 4 rings (SSSR count). The standard InChI is InChI=1S/C20H15FN2OS/c1-12-3-8-17-13(9-12)10-14-11-18(25-19(14)22-17)20(24)23(2)16-6-4-15(21)5-7-16/h3-11H,1-2H3. The molecule has 3 nitrogen and oxygen atoms in total. The van der Waals surface area contributed by atoms with E-state index in [-0.39, 0.29) is 11.7 Å². The molecule has 0 unspecified atom stereocenters. The summed E-state index contributed by atoms with van der Waals surface area (Å²) < 4.78 is 13.1. The minimum Gasteiger partial charge on any atom is -0.311 e. The van der Waals surface area contributed by atoms with Gasteiger partial charge in [0.25, 0.3) is 5.91 Å². The van der Waals surface area contributed by atoms with Crippen LogP contribution in [0.4, 0.5) is 10.1 Å². The molecule has 2 heterocycles. The fourth-order valence-corrected chi connectivity index (χ4v) is 3.81. The van der Waals surface area contributed by atoms with Crippen molar-refractivity contribution in [1.29, 1.82) is 0 Å². The van der Waals surface area contributed by atoms with Crippen molar-refractivity contribution in [2.75, 3.05) is 11.9 Å². The Kier molecular flexibility index (Phi) is 3.73. The van der Waals surface area contributed by atoms with Gasteiger partial charge in [0.1, 0.15) is 10.6 Å². The van der Waals surface area contributed by atoms with Crippen molar-refractivity contribution in [3.8, 4) is 0 Å². The molecule has 0 fully saturated rings. The third-order valence-electron chi connectivity index (χ3n) is 4.19. The Bertz CT molecular complexity index is 1100. The third kappa shape index (κ3) is 2.87. The number of thiophene rings is 1. The SMILES string of the molecule is Cc1ccc2nc3sc(C(=O)N(C)c4ccc(F)cc4)cc3cc2c1. The summed E-state index contributed by atoms with van der Waals surface area (Å²) in [5, 5.41) is 2.02. The normalized spacial score (nSPS) is 11.2. The summed E-state index contributed by atoms with van der Waals surface area (Å²) in [6, 6.07) is 15.9. The van der Waals surface area contributed by atoms with Crippen LogP contribution in [-0.2, 0) is 0 Å². The van der Waals surface area contributed by atoms with Gasteiger partial charge in [0.15, 0.2) is 0 Å². The molecule has 0 bridgehead atoms. The van der Waals surface area contributed by atoms with Crippen LogP contribution >= 0.6 is 11.3 Å². The largest absolute Gasteiger partial charge is 0.311 e. The average Bonchev–Trinajstić information content (AvgIpc) is 3.02. The highest BCUT2D eigenvalue weighted by molar-refractivity contribution is 7.20. The van der Waals surface area contributed by atoms with Gasteiger partial charge in [-0.15, -0.1) is 11.3 Å². The number of hydrogen-bond donors (Lipinski definition) is 0. The molecule has 4 aromatic rings. The number of fused-ring (bicyclic) bond motifs is 2. The number of aryl methyl sites for hydroxylation is 1. The molecule has 2 aromatic heterocycles. The van der Waals surface area contributed by atoms with Crippen LogP contribution in [0.3, 0.4) is 0 Å². The van der Waals surface area contributed by atoms with Gasteiger partial charge in [-0.05, 0) is 55.5 Å². The lowest BCUT2D eigenvalue weighted by Gasteiger charge is -2.16. The molecule has 0 aliphatic rings. The van der Waals surface area contributed by atoms with Crippen molar-refractivity contribution in [3.63, 3.8) is 0 Å². The number of hydrogen-bond acceptors (Lipinski definition) is 3. The second kappa shape index (κ2) is 5.93. The van der Waals surface area contributed by atoms with E-state index in [2.05, 4.69) is 17.1 Å². The molecule has 0 saturated heterocycles. The van der Waals surface area contributed by atoms with Crippen LogP contribution in [0.25, 0.3) is 21.1 Å². The smallest absolute Gasteiger partial charge is 0.268 e. The van der Waals surface area contributed by atoms with E-state index in [1.54, 1.807) is 19.2 Å². The Morgan fingerprint density at radius 3 is 2.56 bits per heavy atom. The number of amides is 1. The van der Waals surface area contributed by atoms with E-state index in [9.17, 15) is 9.18 Å². The highest BCUT2D eigenvalue weighted by Crippen LogP contribution is 2.29. The van der Waals surface area contributed by atoms with E-state index >= 15 is 0 Å². The summed E-state index contributed by atoms with van der Waals surface area (Å²) in [6.07, 6.45) is 0. The van der Waals surface area contributed by atoms with Crippen molar-refractivity contribution in [2.45, 2.75) is 6.92 Å². The zero-order valence-electron chi connectivity index (χ0n) is 13.8. The minimum atomic E-state index is -0.322.